The first kappa shape index (κ1) is 35.1. The summed E-state index contributed by atoms with van der Waals surface area (Å²) < 4.78 is 11.1. The Morgan fingerprint density at radius 3 is 2.10 bits per heavy atom. The van der Waals surface area contributed by atoms with Gasteiger partial charge in [0.1, 0.15) is 11.2 Å². The molecule has 0 unspecified atom stereocenters. The van der Waals surface area contributed by atoms with Crippen LogP contribution in [0.2, 0.25) is 0 Å². The van der Waals surface area contributed by atoms with E-state index in [0.717, 1.165) is 70.0 Å². The monoisotopic (exact) mass is 798 g/mol. The van der Waals surface area contributed by atoms with Crippen LogP contribution in [0.15, 0.2) is 209 Å². The van der Waals surface area contributed by atoms with Gasteiger partial charge >= 0.3 is 0 Å². The average molecular weight is 799 g/mol. The number of para-hydroxylation sites is 3. The molecule has 0 aliphatic carbocycles. The summed E-state index contributed by atoms with van der Waals surface area (Å²) in [6.45, 7) is 0. The first-order valence-corrected chi connectivity index (χ1v) is 21.1. The summed E-state index contributed by atoms with van der Waals surface area (Å²) in [5.41, 5.74) is 9.86. The molecule has 286 valence electrons. The summed E-state index contributed by atoms with van der Waals surface area (Å²) in [6, 6.07) is 67.5. The molecule has 0 fully saturated rings. The minimum atomic E-state index is 0.141. The first-order valence-electron chi connectivity index (χ1n) is 20.3. The van der Waals surface area contributed by atoms with Crippen molar-refractivity contribution in [2.75, 3.05) is 0 Å². The molecule has 0 amide bonds. The summed E-state index contributed by atoms with van der Waals surface area (Å²) in [5.74, 6) is 0.598. The highest BCUT2D eigenvalue weighted by Gasteiger charge is 2.20. The Balaban J connectivity index is 1.05. The molecule has 6 heteroatoms. The summed E-state index contributed by atoms with van der Waals surface area (Å²) in [4.78, 5) is 10.0. The van der Waals surface area contributed by atoms with E-state index in [2.05, 4.69) is 138 Å². The molecule has 3 aromatic heterocycles. The molecule has 12 rings (SSSR count). The molecular weight excluding hydrogens is 765 g/mol. The van der Waals surface area contributed by atoms with Gasteiger partial charge in [-0.05, 0) is 64.4 Å². The van der Waals surface area contributed by atoms with E-state index in [1.807, 2.05) is 66.9 Å². The summed E-state index contributed by atoms with van der Waals surface area (Å²) in [5, 5.41) is 18.3. The fraction of sp³-hybridized carbons (Fsp3) is 0. The Morgan fingerprint density at radius 1 is 0.541 bits per heavy atom. The van der Waals surface area contributed by atoms with Crippen LogP contribution < -0.4 is 0 Å². The average Bonchev–Trinajstić information content (AvgIpc) is 4.00. The second-order valence-corrected chi connectivity index (χ2v) is 16.4. The zero-order valence-electron chi connectivity index (χ0n) is 32.7. The Kier molecular flexibility index (Phi) is 8.11. The van der Waals surface area contributed by atoms with Crippen LogP contribution in [0.4, 0.5) is 0 Å². The molecule has 12 aromatic rings. The van der Waals surface area contributed by atoms with Crippen molar-refractivity contribution in [1.82, 2.24) is 4.57 Å². The third-order valence-corrected chi connectivity index (χ3v) is 12.9. The molecule has 0 saturated carbocycles. The second-order valence-electron chi connectivity index (χ2n) is 15.3. The van der Waals surface area contributed by atoms with E-state index in [9.17, 15) is 0 Å². The van der Waals surface area contributed by atoms with E-state index >= 15 is 0 Å². The summed E-state index contributed by atoms with van der Waals surface area (Å²) in [7, 11) is 0. The number of hydrogen-bond donors (Lipinski definition) is 1. The minimum absolute atomic E-state index is 0.141. The molecule has 3 heterocycles. The highest BCUT2D eigenvalue weighted by molar-refractivity contribution is 7.25. The van der Waals surface area contributed by atoms with Crippen LogP contribution in [-0.4, -0.2) is 22.5 Å². The van der Waals surface area contributed by atoms with Gasteiger partial charge in [-0.1, -0.05) is 152 Å². The summed E-state index contributed by atoms with van der Waals surface area (Å²) in [6.07, 6.45) is 1.82. The molecule has 0 saturated heterocycles. The molecule has 1 N–H and O–H groups in total. The van der Waals surface area contributed by atoms with Crippen LogP contribution in [0, 0.1) is 5.41 Å². The van der Waals surface area contributed by atoms with Crippen molar-refractivity contribution in [2.45, 2.75) is 0 Å². The van der Waals surface area contributed by atoms with Gasteiger partial charge in [0, 0.05) is 70.3 Å². The highest BCUT2D eigenvalue weighted by atomic mass is 32.1. The SMILES string of the molecule is N=C(N=C(N=Cc1cccc2c1oc1ccccc12)c1cccc2sc3cc(-n4c5ccccc5c5c6ccccc6c(-c6ccccc6)cc54)ccc3c12)c1ccccc1. The van der Waals surface area contributed by atoms with Crippen LogP contribution in [0.1, 0.15) is 16.7 Å². The molecule has 0 radical (unpaired) electrons. The molecule has 0 atom stereocenters. The number of hydrogen-bond acceptors (Lipinski definition) is 3. The topological polar surface area (TPSA) is 66.6 Å². The van der Waals surface area contributed by atoms with Crippen LogP contribution in [0.5, 0.6) is 0 Å². The van der Waals surface area contributed by atoms with Crippen LogP contribution in [-0.2, 0) is 0 Å². The normalized spacial score (nSPS) is 12.4. The molecule has 61 heavy (non-hydrogen) atoms. The largest absolute Gasteiger partial charge is 0.455 e. The first-order chi connectivity index (χ1) is 30.2. The van der Waals surface area contributed by atoms with Gasteiger partial charge in [-0.2, -0.15) is 0 Å². The number of fused-ring (bicyclic) bond motifs is 11. The number of aliphatic imine (C=N–C) groups is 2. The van der Waals surface area contributed by atoms with E-state index in [-0.39, 0.29) is 5.84 Å². The van der Waals surface area contributed by atoms with E-state index in [1.165, 1.54) is 38.2 Å². The van der Waals surface area contributed by atoms with Crippen molar-refractivity contribution in [3.8, 4) is 16.8 Å². The van der Waals surface area contributed by atoms with Crippen LogP contribution >= 0.6 is 11.3 Å². The smallest absolute Gasteiger partial charge is 0.162 e. The number of thiophene rings is 1. The van der Waals surface area contributed by atoms with Crippen molar-refractivity contribution in [3.63, 3.8) is 0 Å². The summed E-state index contributed by atoms with van der Waals surface area (Å²) >= 11 is 1.76. The lowest BCUT2D eigenvalue weighted by Gasteiger charge is -2.12. The van der Waals surface area contributed by atoms with Crippen LogP contribution in [0.3, 0.4) is 0 Å². The molecule has 0 spiro atoms. The molecule has 9 aromatic carbocycles. The highest BCUT2D eigenvalue weighted by Crippen LogP contribution is 2.43. The Hall–Kier alpha value is -7.93. The van der Waals surface area contributed by atoms with Gasteiger partial charge in [0.25, 0.3) is 0 Å². The van der Waals surface area contributed by atoms with Gasteiger partial charge in [0.15, 0.2) is 11.7 Å². The van der Waals surface area contributed by atoms with Crippen molar-refractivity contribution in [1.29, 1.82) is 5.41 Å². The number of nitrogens with zero attached hydrogens (tertiary/aromatic N) is 3. The lowest BCUT2D eigenvalue weighted by molar-refractivity contribution is 0.668. The number of rotatable bonds is 5. The minimum Gasteiger partial charge on any atom is -0.455 e. The third-order valence-electron chi connectivity index (χ3n) is 11.8. The Labute approximate surface area is 354 Å². The van der Waals surface area contributed by atoms with Crippen molar-refractivity contribution >= 4 is 104 Å². The second kappa shape index (κ2) is 14.1. The van der Waals surface area contributed by atoms with Gasteiger partial charge in [-0.25, -0.2) is 9.98 Å². The fourth-order valence-electron chi connectivity index (χ4n) is 9.03. The lowest BCUT2D eigenvalue weighted by atomic mass is 9.95. The zero-order chi connectivity index (χ0) is 40.4. The predicted molar refractivity (Wildman–Crippen MR) is 258 cm³/mol. The standard InChI is InChI=1S/C55H34N4OS/c56-54(35-17-5-2-6-18-35)58-55(57-33-36-19-13-24-41-39-21-10-12-27-48(39)60-53(36)41)44-25-14-28-49-52(44)43-30-29-37(31-50(43)61-49)59-46-26-11-9-23-42(46)51-40-22-8-7-20-38(40)45(32-47(51)59)34-15-3-1-4-16-34/h1-33,56H. The number of nitrogens with one attached hydrogen (secondary N) is 1. The van der Waals surface area contributed by atoms with Crippen molar-refractivity contribution < 1.29 is 4.42 Å². The maximum absolute atomic E-state index is 9.11. The number of benzene rings is 9. The van der Waals surface area contributed by atoms with E-state index in [0.29, 0.717) is 5.84 Å². The molecule has 0 aliphatic heterocycles. The predicted octanol–water partition coefficient (Wildman–Crippen LogP) is 14.8. The third kappa shape index (κ3) is 5.72. The Morgan fingerprint density at radius 2 is 1.25 bits per heavy atom. The maximum atomic E-state index is 9.11. The maximum Gasteiger partial charge on any atom is 0.162 e. The Bertz CT molecular complexity index is 3780. The van der Waals surface area contributed by atoms with Gasteiger partial charge in [-0.15, -0.1) is 11.3 Å². The molecule has 0 bridgehead atoms. The van der Waals surface area contributed by atoms with Crippen LogP contribution in [0.25, 0.3) is 91.5 Å². The van der Waals surface area contributed by atoms with E-state index in [1.54, 1.807) is 11.3 Å². The molecule has 5 nitrogen and oxygen atoms in total. The lowest BCUT2D eigenvalue weighted by Crippen LogP contribution is -2.05. The van der Waals surface area contributed by atoms with Gasteiger partial charge in [0.2, 0.25) is 0 Å². The quantitative estimate of drug-likeness (QED) is 0.137. The zero-order valence-corrected chi connectivity index (χ0v) is 33.5. The molecular formula is C55H34N4OS. The molecule has 0 aliphatic rings. The van der Waals surface area contributed by atoms with Crippen molar-refractivity contribution in [2.24, 2.45) is 9.98 Å². The van der Waals surface area contributed by atoms with Crippen molar-refractivity contribution in [3.05, 3.63) is 211 Å². The van der Waals surface area contributed by atoms with Gasteiger partial charge in [0.05, 0.1) is 11.0 Å². The van der Waals surface area contributed by atoms with Gasteiger partial charge < -0.3 is 8.98 Å². The number of amidine groups is 2. The van der Waals surface area contributed by atoms with E-state index in [4.69, 9.17) is 19.8 Å². The fourth-order valence-corrected chi connectivity index (χ4v) is 10.2. The van der Waals surface area contributed by atoms with Gasteiger partial charge in [-0.3, -0.25) is 5.41 Å². The van der Waals surface area contributed by atoms with E-state index < -0.39 is 0 Å². The number of aromatic nitrogens is 1. The number of furan rings is 1.